The number of aryl methyl sites for hydroxylation is 1. The van der Waals surface area contributed by atoms with E-state index in [2.05, 4.69) is 10.1 Å². The van der Waals surface area contributed by atoms with Crippen LogP contribution in [0.2, 0.25) is 0 Å². The summed E-state index contributed by atoms with van der Waals surface area (Å²) in [7, 11) is 0. The molecule has 2 N–H and O–H groups in total. The van der Waals surface area contributed by atoms with Gasteiger partial charge in [-0.1, -0.05) is 11.2 Å². The Balaban J connectivity index is 2.23. The summed E-state index contributed by atoms with van der Waals surface area (Å²) in [6.45, 7) is 1.87. The molecule has 0 aliphatic heterocycles. The lowest BCUT2D eigenvalue weighted by Crippen LogP contribution is -2.11. The highest BCUT2D eigenvalue weighted by molar-refractivity contribution is 7.98. The van der Waals surface area contributed by atoms with Crippen molar-refractivity contribution in [1.82, 2.24) is 10.1 Å². The highest BCUT2D eigenvalue weighted by atomic mass is 32.2. The lowest BCUT2D eigenvalue weighted by Gasteiger charge is -2.04. The van der Waals surface area contributed by atoms with E-state index in [0.717, 1.165) is 17.7 Å². The second-order valence-corrected chi connectivity index (χ2v) is 5.29. The van der Waals surface area contributed by atoms with Gasteiger partial charge in [0, 0.05) is 5.56 Å². The van der Waals surface area contributed by atoms with Gasteiger partial charge in [0.2, 0.25) is 11.7 Å². The molecule has 0 amide bonds. The summed E-state index contributed by atoms with van der Waals surface area (Å²) in [6.07, 6.45) is 2.78. The number of nitrogens with zero attached hydrogens (tertiary/aromatic N) is 2. The minimum atomic E-state index is -0.321. The van der Waals surface area contributed by atoms with Gasteiger partial charge >= 0.3 is 0 Å². The van der Waals surface area contributed by atoms with Gasteiger partial charge in [0.1, 0.15) is 5.82 Å². The van der Waals surface area contributed by atoms with Crippen LogP contribution < -0.4 is 5.73 Å². The molecule has 4 nitrogen and oxygen atoms in total. The first-order valence-corrected chi connectivity index (χ1v) is 7.36. The molecule has 0 saturated carbocycles. The van der Waals surface area contributed by atoms with Crippen LogP contribution in [0.5, 0.6) is 0 Å². The lowest BCUT2D eigenvalue weighted by molar-refractivity contribution is 0.353. The Bertz CT molecular complexity index is 559. The largest absolute Gasteiger partial charge is 0.337 e. The highest BCUT2D eigenvalue weighted by Crippen LogP contribution is 2.23. The van der Waals surface area contributed by atoms with Gasteiger partial charge in [-0.15, -0.1) is 0 Å². The first-order chi connectivity index (χ1) is 9.11. The topological polar surface area (TPSA) is 64.9 Å². The molecular formula is C13H16FN3OS. The molecule has 102 valence electrons. The Morgan fingerprint density at radius 2 is 2.26 bits per heavy atom. The molecule has 0 unspecified atom stereocenters. The summed E-state index contributed by atoms with van der Waals surface area (Å²) in [5.41, 5.74) is 7.48. The monoisotopic (exact) mass is 281 g/mol. The maximum Gasteiger partial charge on any atom is 0.243 e. The Morgan fingerprint density at radius 3 is 3.00 bits per heavy atom. The Labute approximate surface area is 115 Å². The molecular weight excluding hydrogens is 265 g/mol. The zero-order chi connectivity index (χ0) is 13.8. The molecule has 19 heavy (non-hydrogen) atoms. The second kappa shape index (κ2) is 6.16. The third-order valence-corrected chi connectivity index (χ3v) is 3.48. The number of rotatable bonds is 5. The van der Waals surface area contributed by atoms with Crippen molar-refractivity contribution in [2.24, 2.45) is 5.73 Å². The van der Waals surface area contributed by atoms with Gasteiger partial charge in [0.05, 0.1) is 6.04 Å². The van der Waals surface area contributed by atoms with Gasteiger partial charge in [-0.05, 0) is 43.0 Å². The first-order valence-electron chi connectivity index (χ1n) is 5.96. The van der Waals surface area contributed by atoms with Crippen molar-refractivity contribution in [1.29, 1.82) is 0 Å². The van der Waals surface area contributed by atoms with Gasteiger partial charge in [-0.25, -0.2) is 4.39 Å². The van der Waals surface area contributed by atoms with Crippen LogP contribution in [-0.4, -0.2) is 22.1 Å². The molecule has 2 aromatic rings. The fourth-order valence-electron chi connectivity index (χ4n) is 1.70. The van der Waals surface area contributed by atoms with Crippen LogP contribution in [0.1, 0.15) is 23.9 Å². The van der Waals surface area contributed by atoms with Crippen LogP contribution >= 0.6 is 11.8 Å². The summed E-state index contributed by atoms with van der Waals surface area (Å²) in [5.74, 6) is 1.38. The molecule has 1 aromatic heterocycles. The molecule has 0 saturated heterocycles. The minimum absolute atomic E-state index is 0.275. The van der Waals surface area contributed by atoms with Crippen molar-refractivity contribution in [2.45, 2.75) is 19.4 Å². The van der Waals surface area contributed by atoms with E-state index in [9.17, 15) is 4.39 Å². The van der Waals surface area contributed by atoms with E-state index in [4.69, 9.17) is 10.3 Å². The third kappa shape index (κ3) is 3.33. The number of benzene rings is 1. The molecule has 1 heterocycles. The Morgan fingerprint density at radius 1 is 1.47 bits per heavy atom. The minimum Gasteiger partial charge on any atom is -0.337 e. The van der Waals surface area contributed by atoms with E-state index in [1.54, 1.807) is 17.8 Å². The van der Waals surface area contributed by atoms with E-state index in [1.807, 2.05) is 13.2 Å². The summed E-state index contributed by atoms with van der Waals surface area (Å²) < 4.78 is 18.4. The zero-order valence-corrected chi connectivity index (χ0v) is 11.7. The predicted molar refractivity (Wildman–Crippen MR) is 74.4 cm³/mol. The smallest absolute Gasteiger partial charge is 0.243 e. The van der Waals surface area contributed by atoms with Crippen LogP contribution in [0.4, 0.5) is 4.39 Å². The van der Waals surface area contributed by atoms with Crippen LogP contribution in [0.3, 0.4) is 0 Å². The quantitative estimate of drug-likeness (QED) is 0.912. The lowest BCUT2D eigenvalue weighted by atomic mass is 10.1. The number of nitrogens with two attached hydrogens (primary N) is 1. The average Bonchev–Trinajstić information content (AvgIpc) is 2.88. The standard InChI is InChI=1S/C13H16FN3OS/c1-8-3-4-9(14)7-10(8)12-16-13(18-17-12)11(15)5-6-19-2/h3-4,7,11H,5-6,15H2,1-2H3/t11-/m1/s1. The van der Waals surface area contributed by atoms with Crippen LogP contribution in [0.15, 0.2) is 22.7 Å². The number of hydrogen-bond donors (Lipinski definition) is 1. The molecule has 0 aliphatic carbocycles. The fraction of sp³-hybridized carbons (Fsp3) is 0.385. The van der Waals surface area contributed by atoms with Crippen LogP contribution in [0.25, 0.3) is 11.4 Å². The van der Waals surface area contributed by atoms with E-state index < -0.39 is 0 Å². The number of hydrogen-bond acceptors (Lipinski definition) is 5. The number of aromatic nitrogens is 2. The van der Waals surface area contributed by atoms with Crippen molar-refractivity contribution in [3.63, 3.8) is 0 Å². The first kappa shape index (κ1) is 14.0. The predicted octanol–water partition coefficient (Wildman–Crippen LogP) is 2.94. The average molecular weight is 281 g/mol. The number of thioether (sulfide) groups is 1. The van der Waals surface area contributed by atoms with E-state index >= 15 is 0 Å². The normalized spacial score (nSPS) is 12.6. The maximum absolute atomic E-state index is 13.3. The van der Waals surface area contributed by atoms with Gasteiger partial charge in [0.25, 0.3) is 0 Å². The van der Waals surface area contributed by atoms with Gasteiger partial charge in [0.15, 0.2) is 0 Å². The summed E-state index contributed by atoms with van der Waals surface area (Å²) in [5, 5.41) is 3.88. The van der Waals surface area contributed by atoms with Gasteiger partial charge in [-0.3, -0.25) is 0 Å². The Hall–Kier alpha value is -1.40. The molecule has 1 atom stereocenters. The summed E-state index contributed by atoms with van der Waals surface area (Å²) in [6, 6.07) is 4.22. The molecule has 0 aliphatic rings. The molecule has 0 bridgehead atoms. The summed E-state index contributed by atoms with van der Waals surface area (Å²) >= 11 is 1.71. The van der Waals surface area contributed by atoms with E-state index in [0.29, 0.717) is 17.3 Å². The van der Waals surface area contributed by atoms with Gasteiger partial charge < -0.3 is 10.3 Å². The fourth-order valence-corrected chi connectivity index (χ4v) is 2.19. The van der Waals surface area contributed by atoms with Crippen molar-refractivity contribution in [3.8, 4) is 11.4 Å². The highest BCUT2D eigenvalue weighted by Gasteiger charge is 2.16. The Kier molecular flexibility index (Phi) is 4.55. The third-order valence-electron chi connectivity index (χ3n) is 2.83. The van der Waals surface area contributed by atoms with E-state index in [1.165, 1.54) is 12.1 Å². The molecule has 0 spiro atoms. The molecule has 0 radical (unpaired) electrons. The maximum atomic E-state index is 13.3. The van der Waals surface area contributed by atoms with Crippen molar-refractivity contribution in [3.05, 3.63) is 35.5 Å². The van der Waals surface area contributed by atoms with Crippen LogP contribution in [0, 0.1) is 12.7 Å². The van der Waals surface area contributed by atoms with Crippen LogP contribution in [-0.2, 0) is 0 Å². The summed E-state index contributed by atoms with van der Waals surface area (Å²) in [4.78, 5) is 4.26. The SMILES string of the molecule is CSCC[C@@H](N)c1nc(-c2cc(F)ccc2C)no1. The molecule has 1 aromatic carbocycles. The second-order valence-electron chi connectivity index (χ2n) is 4.30. The molecule has 6 heteroatoms. The molecule has 2 rings (SSSR count). The van der Waals surface area contributed by atoms with Crippen molar-refractivity contribution in [2.75, 3.05) is 12.0 Å². The number of halogens is 1. The molecule has 0 fully saturated rings. The van der Waals surface area contributed by atoms with Gasteiger partial charge in [-0.2, -0.15) is 16.7 Å². The van der Waals surface area contributed by atoms with Crippen molar-refractivity contribution < 1.29 is 8.91 Å². The zero-order valence-electron chi connectivity index (χ0n) is 10.9. The van der Waals surface area contributed by atoms with Crippen molar-refractivity contribution >= 4 is 11.8 Å². The van der Waals surface area contributed by atoms with E-state index in [-0.39, 0.29) is 11.9 Å².